The number of rotatable bonds is 4. The van der Waals surface area contributed by atoms with Crippen molar-refractivity contribution in [1.29, 1.82) is 0 Å². The summed E-state index contributed by atoms with van der Waals surface area (Å²) < 4.78 is 50.6. The fraction of sp³-hybridized carbons (Fsp3) is 0.300. The highest BCUT2D eigenvalue weighted by Gasteiger charge is 2.19. The normalized spacial score (nSPS) is 10.9. The van der Waals surface area contributed by atoms with Crippen molar-refractivity contribution in [3.05, 3.63) is 34.9 Å². The zero-order chi connectivity index (χ0) is 12.3. The molecule has 0 aliphatic heterocycles. The molecule has 88 valence electrons. The molecule has 1 aromatic carbocycles. The van der Waals surface area contributed by atoms with E-state index in [2.05, 4.69) is 0 Å². The number of carbonyl (C=O) groups excluding carboxylic acids is 1. The minimum Gasteiger partial charge on any atom is -0.330 e. The van der Waals surface area contributed by atoms with Crippen LogP contribution in [-0.2, 0) is 0 Å². The smallest absolute Gasteiger partial charge is 0.263 e. The summed E-state index contributed by atoms with van der Waals surface area (Å²) in [6, 6.07) is 1.03. The van der Waals surface area contributed by atoms with E-state index in [4.69, 9.17) is 5.73 Å². The van der Waals surface area contributed by atoms with E-state index >= 15 is 0 Å². The molecule has 6 heteroatoms. The minimum absolute atomic E-state index is 0.0567. The van der Waals surface area contributed by atoms with Crippen molar-refractivity contribution >= 4 is 5.78 Å². The fourth-order valence-corrected chi connectivity index (χ4v) is 1.20. The average molecular weight is 235 g/mol. The van der Waals surface area contributed by atoms with Gasteiger partial charge < -0.3 is 5.73 Å². The summed E-state index contributed by atoms with van der Waals surface area (Å²) in [5, 5.41) is 0. The maximum absolute atomic E-state index is 13.1. The van der Waals surface area contributed by atoms with Crippen LogP contribution in [-0.4, -0.2) is 12.3 Å². The third kappa shape index (κ3) is 2.57. The zero-order valence-electron chi connectivity index (χ0n) is 8.14. The maximum Gasteiger partial charge on any atom is 0.263 e. The van der Waals surface area contributed by atoms with E-state index in [0.717, 1.165) is 0 Å². The van der Waals surface area contributed by atoms with E-state index in [1.54, 1.807) is 0 Å². The number of halogens is 4. The number of benzene rings is 1. The lowest BCUT2D eigenvalue weighted by atomic mass is 10.0. The molecule has 2 nitrogen and oxygen atoms in total. The Hall–Kier alpha value is -1.43. The average Bonchev–Trinajstić information content (AvgIpc) is 2.21. The standard InChI is InChI=1S/C10H9F4NO/c11-7-4-5(10(13)14)3-6(9(7)12)8(16)1-2-15/h3-4,10H,1-2,15H2. The van der Waals surface area contributed by atoms with Crippen molar-refractivity contribution in [2.24, 2.45) is 5.73 Å². The van der Waals surface area contributed by atoms with Gasteiger partial charge in [-0.25, -0.2) is 17.6 Å². The molecule has 0 bridgehead atoms. The number of hydrogen-bond acceptors (Lipinski definition) is 2. The molecule has 0 saturated heterocycles. The van der Waals surface area contributed by atoms with Gasteiger partial charge in [-0.2, -0.15) is 0 Å². The van der Waals surface area contributed by atoms with Crippen LogP contribution >= 0.6 is 0 Å². The lowest BCUT2D eigenvalue weighted by Crippen LogP contribution is -2.11. The van der Waals surface area contributed by atoms with Gasteiger partial charge in [0.05, 0.1) is 5.56 Å². The Morgan fingerprint density at radius 3 is 2.44 bits per heavy atom. The molecule has 0 aliphatic carbocycles. The predicted octanol–water partition coefficient (Wildman–Crippen LogP) is 2.43. The van der Waals surface area contributed by atoms with Crippen LogP contribution in [0.3, 0.4) is 0 Å². The van der Waals surface area contributed by atoms with E-state index in [1.807, 2.05) is 0 Å². The van der Waals surface area contributed by atoms with Crippen molar-refractivity contribution in [1.82, 2.24) is 0 Å². The number of ketones is 1. The molecule has 0 spiro atoms. The molecular weight excluding hydrogens is 226 g/mol. The summed E-state index contributed by atoms with van der Waals surface area (Å²) in [5.74, 6) is -3.66. The van der Waals surface area contributed by atoms with Crippen LogP contribution in [0.1, 0.15) is 28.8 Å². The summed E-state index contributed by atoms with van der Waals surface area (Å²) in [5.41, 5.74) is 3.66. The largest absolute Gasteiger partial charge is 0.330 e. The fourth-order valence-electron chi connectivity index (χ4n) is 1.20. The first-order chi connectivity index (χ1) is 7.47. The van der Waals surface area contributed by atoms with Crippen LogP contribution in [0, 0.1) is 11.6 Å². The van der Waals surface area contributed by atoms with Gasteiger partial charge in [0.2, 0.25) is 0 Å². The van der Waals surface area contributed by atoms with Gasteiger partial charge in [0, 0.05) is 12.0 Å². The van der Waals surface area contributed by atoms with Crippen LogP contribution in [0.15, 0.2) is 12.1 Å². The SMILES string of the molecule is NCCC(=O)c1cc(C(F)F)cc(F)c1F. The molecule has 16 heavy (non-hydrogen) atoms. The summed E-state index contributed by atoms with van der Waals surface area (Å²) in [4.78, 5) is 11.3. The second kappa shape index (κ2) is 5.07. The molecule has 0 radical (unpaired) electrons. The Morgan fingerprint density at radius 2 is 1.94 bits per heavy atom. The highest BCUT2D eigenvalue weighted by atomic mass is 19.3. The van der Waals surface area contributed by atoms with Crippen LogP contribution in [0.4, 0.5) is 17.6 Å². The first-order valence-corrected chi connectivity index (χ1v) is 4.47. The van der Waals surface area contributed by atoms with E-state index in [-0.39, 0.29) is 13.0 Å². The van der Waals surface area contributed by atoms with Gasteiger partial charge in [-0.1, -0.05) is 0 Å². The minimum atomic E-state index is -2.96. The molecule has 0 atom stereocenters. The summed E-state index contributed by atoms with van der Waals surface area (Å²) in [6.45, 7) is -0.0567. The first-order valence-electron chi connectivity index (χ1n) is 4.47. The molecule has 1 rings (SSSR count). The van der Waals surface area contributed by atoms with Gasteiger partial charge in [-0.3, -0.25) is 4.79 Å². The second-order valence-corrected chi connectivity index (χ2v) is 3.13. The summed E-state index contributed by atoms with van der Waals surface area (Å²) in [6.07, 6.45) is -3.18. The van der Waals surface area contributed by atoms with Gasteiger partial charge in [0.1, 0.15) is 0 Å². The number of carbonyl (C=O) groups is 1. The van der Waals surface area contributed by atoms with Crippen LogP contribution in [0.25, 0.3) is 0 Å². The summed E-state index contributed by atoms with van der Waals surface area (Å²) >= 11 is 0. The van der Waals surface area contributed by atoms with Crippen molar-refractivity contribution in [3.8, 4) is 0 Å². The number of Topliss-reactive ketones (excluding diaryl/α,β-unsaturated/α-hetero) is 1. The zero-order valence-corrected chi connectivity index (χ0v) is 8.14. The molecule has 0 fully saturated rings. The van der Waals surface area contributed by atoms with E-state index in [9.17, 15) is 22.4 Å². The maximum atomic E-state index is 13.1. The monoisotopic (exact) mass is 235 g/mol. The van der Waals surface area contributed by atoms with E-state index < -0.39 is 35.0 Å². The van der Waals surface area contributed by atoms with Crippen LogP contribution in [0.2, 0.25) is 0 Å². The first kappa shape index (κ1) is 12.6. The Labute approximate surface area is 89.1 Å². The molecule has 0 saturated carbocycles. The lowest BCUT2D eigenvalue weighted by Gasteiger charge is -2.06. The van der Waals surface area contributed by atoms with Gasteiger partial charge in [-0.15, -0.1) is 0 Å². The molecule has 0 heterocycles. The van der Waals surface area contributed by atoms with Crippen LogP contribution < -0.4 is 5.73 Å². The Bertz CT molecular complexity index is 406. The highest BCUT2D eigenvalue weighted by Crippen LogP contribution is 2.24. The molecule has 2 N–H and O–H groups in total. The molecule has 0 aliphatic rings. The molecule has 0 amide bonds. The third-order valence-corrected chi connectivity index (χ3v) is 1.97. The second-order valence-electron chi connectivity index (χ2n) is 3.13. The van der Waals surface area contributed by atoms with E-state index in [1.165, 1.54) is 0 Å². The van der Waals surface area contributed by atoms with E-state index in [0.29, 0.717) is 12.1 Å². The van der Waals surface area contributed by atoms with Gasteiger partial charge in [-0.05, 0) is 18.7 Å². The number of nitrogens with two attached hydrogens (primary N) is 1. The quantitative estimate of drug-likeness (QED) is 0.643. The van der Waals surface area contributed by atoms with Gasteiger partial charge in [0.25, 0.3) is 6.43 Å². The van der Waals surface area contributed by atoms with Crippen molar-refractivity contribution in [2.45, 2.75) is 12.8 Å². The third-order valence-electron chi connectivity index (χ3n) is 1.97. The molecule has 1 aromatic rings. The molecular formula is C10H9F4NO. The Balaban J connectivity index is 3.21. The van der Waals surface area contributed by atoms with Gasteiger partial charge >= 0.3 is 0 Å². The number of hydrogen-bond donors (Lipinski definition) is 1. The molecule has 0 aromatic heterocycles. The molecule has 0 unspecified atom stereocenters. The van der Waals surface area contributed by atoms with Crippen molar-refractivity contribution < 1.29 is 22.4 Å². The summed E-state index contributed by atoms with van der Waals surface area (Å²) in [7, 11) is 0. The van der Waals surface area contributed by atoms with Crippen LogP contribution in [0.5, 0.6) is 0 Å². The van der Waals surface area contributed by atoms with Crippen molar-refractivity contribution in [3.63, 3.8) is 0 Å². The topological polar surface area (TPSA) is 43.1 Å². The van der Waals surface area contributed by atoms with Gasteiger partial charge in [0.15, 0.2) is 17.4 Å². The van der Waals surface area contributed by atoms with Crippen molar-refractivity contribution in [2.75, 3.05) is 6.54 Å². The predicted molar refractivity (Wildman–Crippen MR) is 49.3 cm³/mol. The number of alkyl halides is 2. The Kier molecular flexibility index (Phi) is 4.00. The lowest BCUT2D eigenvalue weighted by molar-refractivity contribution is 0.0979. The Morgan fingerprint density at radius 1 is 1.31 bits per heavy atom. The highest BCUT2D eigenvalue weighted by molar-refractivity contribution is 5.96.